The lowest BCUT2D eigenvalue weighted by atomic mass is 10.2. The molecule has 1 heterocycles. The van der Waals surface area contributed by atoms with Gasteiger partial charge in [0.1, 0.15) is 5.82 Å². The first-order valence-electron chi connectivity index (χ1n) is 5.31. The van der Waals surface area contributed by atoms with Gasteiger partial charge in [0.25, 0.3) is 0 Å². The summed E-state index contributed by atoms with van der Waals surface area (Å²) in [6.45, 7) is 0.342. The molecular weight excluding hydrogens is 253 g/mol. The second-order valence-corrected chi connectivity index (χ2v) is 4.65. The van der Waals surface area contributed by atoms with Crippen molar-refractivity contribution >= 4 is 22.5 Å². The van der Waals surface area contributed by atoms with E-state index in [2.05, 4.69) is 10.3 Å². The fourth-order valence-electron chi connectivity index (χ4n) is 1.45. The number of carbonyl (C=O) groups is 1. The maximum Gasteiger partial charge on any atom is 0.323 e. The van der Waals surface area contributed by atoms with Gasteiger partial charge in [-0.2, -0.15) is 0 Å². The standard InChI is InChI=1S/C12H12FN3OS/c1-16(8-9-3-2-4-10(13)7-9)12(17)15-11-14-5-6-18-11/h2-7H,8H2,1H3,(H,14,15,17). The summed E-state index contributed by atoms with van der Waals surface area (Å²) < 4.78 is 13.0. The molecule has 2 amide bonds. The lowest BCUT2D eigenvalue weighted by Gasteiger charge is -2.17. The van der Waals surface area contributed by atoms with Gasteiger partial charge in [-0.15, -0.1) is 11.3 Å². The first-order chi connectivity index (χ1) is 8.65. The van der Waals surface area contributed by atoms with E-state index < -0.39 is 0 Å². The average molecular weight is 265 g/mol. The quantitative estimate of drug-likeness (QED) is 0.927. The molecule has 0 bridgehead atoms. The first-order valence-corrected chi connectivity index (χ1v) is 6.19. The van der Waals surface area contributed by atoms with E-state index in [0.29, 0.717) is 11.7 Å². The number of benzene rings is 1. The zero-order valence-electron chi connectivity index (χ0n) is 9.76. The number of nitrogens with one attached hydrogen (secondary N) is 1. The molecule has 1 N–H and O–H groups in total. The Labute approximate surface area is 108 Å². The van der Waals surface area contributed by atoms with E-state index in [0.717, 1.165) is 5.56 Å². The third kappa shape index (κ3) is 3.27. The highest BCUT2D eigenvalue weighted by Crippen LogP contribution is 2.12. The normalized spacial score (nSPS) is 10.1. The molecule has 1 aromatic heterocycles. The van der Waals surface area contributed by atoms with Crippen LogP contribution < -0.4 is 5.32 Å². The number of anilines is 1. The predicted octanol–water partition coefficient (Wildman–Crippen LogP) is 2.95. The molecule has 2 aromatic rings. The van der Waals surface area contributed by atoms with Crippen LogP contribution in [0.15, 0.2) is 35.8 Å². The fraction of sp³-hybridized carbons (Fsp3) is 0.167. The van der Waals surface area contributed by atoms with Crippen molar-refractivity contribution in [2.75, 3.05) is 12.4 Å². The molecule has 4 nitrogen and oxygen atoms in total. The van der Waals surface area contributed by atoms with Crippen LogP contribution in [0.4, 0.5) is 14.3 Å². The van der Waals surface area contributed by atoms with Gasteiger partial charge in [-0.1, -0.05) is 12.1 Å². The molecule has 18 heavy (non-hydrogen) atoms. The molecule has 2 rings (SSSR count). The van der Waals surface area contributed by atoms with Gasteiger partial charge in [0.2, 0.25) is 0 Å². The van der Waals surface area contributed by atoms with E-state index in [4.69, 9.17) is 0 Å². The Balaban J connectivity index is 1.95. The van der Waals surface area contributed by atoms with Crippen LogP contribution in [0.5, 0.6) is 0 Å². The predicted molar refractivity (Wildman–Crippen MR) is 69.0 cm³/mol. The van der Waals surface area contributed by atoms with Crippen molar-refractivity contribution in [2.24, 2.45) is 0 Å². The largest absolute Gasteiger partial charge is 0.323 e. The van der Waals surface area contributed by atoms with Crippen molar-refractivity contribution in [3.8, 4) is 0 Å². The van der Waals surface area contributed by atoms with Gasteiger partial charge in [-0.05, 0) is 17.7 Å². The lowest BCUT2D eigenvalue weighted by molar-refractivity contribution is 0.220. The number of nitrogens with zero attached hydrogens (tertiary/aromatic N) is 2. The van der Waals surface area contributed by atoms with E-state index >= 15 is 0 Å². The van der Waals surface area contributed by atoms with Crippen molar-refractivity contribution in [2.45, 2.75) is 6.54 Å². The maximum absolute atomic E-state index is 13.0. The molecular formula is C12H12FN3OS. The third-order valence-corrected chi connectivity index (χ3v) is 2.99. The molecule has 6 heteroatoms. The van der Waals surface area contributed by atoms with Gasteiger partial charge in [-0.3, -0.25) is 5.32 Å². The zero-order valence-corrected chi connectivity index (χ0v) is 10.6. The van der Waals surface area contributed by atoms with Gasteiger partial charge >= 0.3 is 6.03 Å². The Kier molecular flexibility index (Phi) is 3.88. The van der Waals surface area contributed by atoms with Crippen LogP contribution in [0.25, 0.3) is 0 Å². The van der Waals surface area contributed by atoms with E-state index in [1.54, 1.807) is 30.8 Å². The Hall–Kier alpha value is -1.95. The molecule has 0 saturated carbocycles. The molecule has 0 spiro atoms. The number of hydrogen-bond acceptors (Lipinski definition) is 3. The van der Waals surface area contributed by atoms with E-state index in [-0.39, 0.29) is 11.8 Å². The SMILES string of the molecule is CN(Cc1cccc(F)c1)C(=O)Nc1nccs1. The second kappa shape index (κ2) is 5.59. The van der Waals surface area contributed by atoms with Crippen molar-refractivity contribution in [1.29, 1.82) is 0 Å². The van der Waals surface area contributed by atoms with Crippen molar-refractivity contribution in [3.63, 3.8) is 0 Å². The Morgan fingerprint density at radius 1 is 1.56 bits per heavy atom. The number of urea groups is 1. The van der Waals surface area contributed by atoms with E-state index in [1.807, 2.05) is 0 Å². The minimum absolute atomic E-state index is 0.269. The number of thiazole rings is 1. The molecule has 0 atom stereocenters. The lowest BCUT2D eigenvalue weighted by Crippen LogP contribution is -2.30. The molecule has 0 unspecified atom stereocenters. The molecule has 0 fully saturated rings. The van der Waals surface area contributed by atoms with Crippen LogP contribution in [-0.4, -0.2) is 23.0 Å². The second-order valence-electron chi connectivity index (χ2n) is 3.75. The highest BCUT2D eigenvalue weighted by molar-refractivity contribution is 7.13. The highest BCUT2D eigenvalue weighted by Gasteiger charge is 2.10. The number of amides is 2. The number of carbonyl (C=O) groups excluding carboxylic acids is 1. The first kappa shape index (κ1) is 12.5. The maximum atomic E-state index is 13.0. The smallest absolute Gasteiger partial charge is 0.323 e. The van der Waals surface area contributed by atoms with Crippen LogP contribution in [0.2, 0.25) is 0 Å². The summed E-state index contributed by atoms with van der Waals surface area (Å²) in [7, 11) is 1.65. The number of halogens is 1. The summed E-state index contributed by atoms with van der Waals surface area (Å²) in [6.07, 6.45) is 1.62. The molecule has 0 aliphatic heterocycles. The topological polar surface area (TPSA) is 45.2 Å². The molecule has 0 saturated heterocycles. The van der Waals surface area contributed by atoms with Crippen LogP contribution in [-0.2, 0) is 6.54 Å². The summed E-state index contributed by atoms with van der Waals surface area (Å²) in [4.78, 5) is 17.2. The fourth-order valence-corrected chi connectivity index (χ4v) is 1.97. The minimum atomic E-state index is -0.304. The van der Waals surface area contributed by atoms with Gasteiger partial charge < -0.3 is 4.90 Å². The molecule has 94 valence electrons. The van der Waals surface area contributed by atoms with Crippen LogP contribution >= 0.6 is 11.3 Å². The van der Waals surface area contributed by atoms with Gasteiger partial charge in [0.15, 0.2) is 5.13 Å². The summed E-state index contributed by atoms with van der Waals surface area (Å²) in [5.74, 6) is -0.304. The van der Waals surface area contributed by atoms with Crippen LogP contribution in [0.1, 0.15) is 5.56 Å². The summed E-state index contributed by atoms with van der Waals surface area (Å²) in [6, 6.07) is 5.91. The van der Waals surface area contributed by atoms with Crippen LogP contribution in [0, 0.1) is 5.82 Å². The minimum Gasteiger partial charge on any atom is -0.323 e. The van der Waals surface area contributed by atoms with Gasteiger partial charge in [0, 0.05) is 25.2 Å². The Morgan fingerprint density at radius 2 is 2.39 bits per heavy atom. The molecule has 0 aliphatic rings. The Bertz CT molecular complexity index is 530. The molecule has 0 aliphatic carbocycles. The molecule has 1 aromatic carbocycles. The van der Waals surface area contributed by atoms with E-state index in [1.165, 1.54) is 28.4 Å². The van der Waals surface area contributed by atoms with Crippen molar-refractivity contribution < 1.29 is 9.18 Å². The Morgan fingerprint density at radius 3 is 3.06 bits per heavy atom. The summed E-state index contributed by atoms with van der Waals surface area (Å²) in [5.41, 5.74) is 0.742. The monoisotopic (exact) mass is 265 g/mol. The highest BCUT2D eigenvalue weighted by atomic mass is 32.1. The van der Waals surface area contributed by atoms with Gasteiger partial charge in [-0.25, -0.2) is 14.2 Å². The third-order valence-electron chi connectivity index (χ3n) is 2.30. The summed E-state index contributed by atoms with van der Waals surface area (Å²) >= 11 is 1.35. The zero-order chi connectivity index (χ0) is 13.0. The number of rotatable bonds is 3. The average Bonchev–Trinajstić information content (AvgIpc) is 2.81. The van der Waals surface area contributed by atoms with Crippen molar-refractivity contribution in [1.82, 2.24) is 9.88 Å². The molecule has 0 radical (unpaired) electrons. The van der Waals surface area contributed by atoms with E-state index in [9.17, 15) is 9.18 Å². The number of hydrogen-bond donors (Lipinski definition) is 1. The summed E-state index contributed by atoms with van der Waals surface area (Å²) in [5, 5.41) is 4.98. The number of aromatic nitrogens is 1. The van der Waals surface area contributed by atoms with Crippen LogP contribution in [0.3, 0.4) is 0 Å². The van der Waals surface area contributed by atoms with Crippen molar-refractivity contribution in [3.05, 3.63) is 47.2 Å². The van der Waals surface area contributed by atoms with Gasteiger partial charge in [0.05, 0.1) is 0 Å².